The Hall–Kier alpha value is -2.28. The van der Waals surface area contributed by atoms with E-state index in [-0.39, 0.29) is 30.6 Å². The highest BCUT2D eigenvalue weighted by atomic mass is 16.2. The number of nitrogens with two attached hydrogens (primary N) is 1. The zero-order valence-electron chi connectivity index (χ0n) is 21.9. The predicted octanol–water partition coefficient (Wildman–Crippen LogP) is 3.90. The molecule has 1 saturated heterocycles. The molecular formula is C27H46N4O3. The lowest BCUT2D eigenvalue weighted by Crippen LogP contribution is -2.51. The molecule has 34 heavy (non-hydrogen) atoms. The zero-order valence-corrected chi connectivity index (χ0v) is 21.9. The molecule has 0 bridgehead atoms. The maximum atomic E-state index is 13.2. The van der Waals surface area contributed by atoms with Gasteiger partial charge < -0.3 is 16.0 Å². The van der Waals surface area contributed by atoms with E-state index in [0.717, 1.165) is 5.56 Å². The fourth-order valence-corrected chi connectivity index (χ4v) is 4.93. The molecule has 0 radical (unpaired) electrons. The molecule has 3 N–H and O–H groups in total. The van der Waals surface area contributed by atoms with Crippen LogP contribution in [0.1, 0.15) is 85.1 Å². The summed E-state index contributed by atoms with van der Waals surface area (Å²) < 4.78 is 0. The lowest BCUT2D eigenvalue weighted by Gasteiger charge is -2.27. The van der Waals surface area contributed by atoms with E-state index < -0.39 is 12.1 Å². The molecule has 192 valence electrons. The zero-order chi connectivity index (χ0) is 25.5. The first-order valence-electron chi connectivity index (χ1n) is 13.2. The van der Waals surface area contributed by atoms with Gasteiger partial charge in [-0.05, 0) is 49.3 Å². The van der Waals surface area contributed by atoms with Crippen LogP contribution in [-0.4, -0.2) is 52.7 Å². The number of ketones is 1. The smallest absolute Gasteiger partial charge is 0.243 e. The van der Waals surface area contributed by atoms with E-state index in [9.17, 15) is 14.4 Å². The summed E-state index contributed by atoms with van der Waals surface area (Å²) in [7, 11) is 0. The third-order valence-corrected chi connectivity index (χ3v) is 6.63. The second-order valence-electron chi connectivity index (χ2n) is 8.73. The minimum atomic E-state index is -0.611. The summed E-state index contributed by atoms with van der Waals surface area (Å²) in [5, 5.41) is 2.92. The average molecular weight is 475 g/mol. The van der Waals surface area contributed by atoms with E-state index in [1.165, 1.54) is 39.0 Å². The van der Waals surface area contributed by atoms with Gasteiger partial charge in [-0.25, -0.2) is 0 Å². The average Bonchev–Trinajstić information content (AvgIpc) is 3.33. The fourth-order valence-electron chi connectivity index (χ4n) is 4.93. The summed E-state index contributed by atoms with van der Waals surface area (Å²) in [5.74, 6) is 0.531. The highest BCUT2D eigenvalue weighted by Gasteiger charge is 2.42. The lowest BCUT2D eigenvalue weighted by atomic mass is 9.79. The second-order valence-corrected chi connectivity index (χ2v) is 8.73. The van der Waals surface area contributed by atoms with Crippen molar-refractivity contribution in [2.24, 2.45) is 17.6 Å². The van der Waals surface area contributed by atoms with E-state index in [4.69, 9.17) is 5.73 Å². The first kappa shape index (κ1) is 29.8. The molecule has 1 aromatic rings. The van der Waals surface area contributed by atoms with E-state index in [1.807, 2.05) is 39.8 Å². The number of hydrogen-bond donors (Lipinski definition) is 2. The summed E-state index contributed by atoms with van der Waals surface area (Å²) in [5.41, 5.74) is 6.54. The first-order chi connectivity index (χ1) is 16.5. The largest absolute Gasteiger partial charge is 0.344 e. The molecule has 2 fully saturated rings. The third kappa shape index (κ3) is 8.82. The van der Waals surface area contributed by atoms with Gasteiger partial charge in [0.05, 0.1) is 6.04 Å². The molecule has 2 heterocycles. The van der Waals surface area contributed by atoms with Crippen molar-refractivity contribution >= 4 is 17.6 Å². The van der Waals surface area contributed by atoms with E-state index in [2.05, 4.69) is 10.3 Å². The number of rotatable bonds is 8. The van der Waals surface area contributed by atoms with E-state index in [1.54, 1.807) is 17.3 Å². The van der Waals surface area contributed by atoms with Crippen molar-refractivity contribution in [3.8, 4) is 0 Å². The Morgan fingerprint density at radius 3 is 2.24 bits per heavy atom. The van der Waals surface area contributed by atoms with Gasteiger partial charge in [-0.3, -0.25) is 19.4 Å². The van der Waals surface area contributed by atoms with Gasteiger partial charge in [-0.1, -0.05) is 59.8 Å². The van der Waals surface area contributed by atoms with Crippen LogP contribution in [0, 0.1) is 11.8 Å². The molecule has 1 saturated carbocycles. The van der Waals surface area contributed by atoms with Crippen molar-refractivity contribution in [2.75, 3.05) is 13.1 Å². The van der Waals surface area contributed by atoms with Crippen LogP contribution >= 0.6 is 0 Å². The summed E-state index contributed by atoms with van der Waals surface area (Å²) in [6, 6.07) is 2.55. The van der Waals surface area contributed by atoms with Crippen molar-refractivity contribution < 1.29 is 14.4 Å². The highest BCUT2D eigenvalue weighted by molar-refractivity contribution is 5.92. The molecule has 2 amide bonds. The quantitative estimate of drug-likeness (QED) is 0.594. The number of likely N-dealkylation sites (tertiary alicyclic amines) is 1. The van der Waals surface area contributed by atoms with Crippen LogP contribution in [0.3, 0.4) is 0 Å². The molecule has 2 aliphatic rings. The second kappa shape index (κ2) is 16.4. The third-order valence-electron chi connectivity index (χ3n) is 6.63. The van der Waals surface area contributed by atoms with E-state index >= 15 is 0 Å². The minimum Gasteiger partial charge on any atom is -0.344 e. The number of nitrogens with one attached hydrogen (secondary N) is 1. The fraction of sp³-hybridized carbons (Fsp3) is 0.704. The number of Topliss-reactive ketones (excluding diaryl/α,β-unsaturated/α-hetero) is 1. The monoisotopic (exact) mass is 474 g/mol. The normalized spacial score (nSPS) is 20.8. The first-order valence-corrected chi connectivity index (χ1v) is 13.2. The van der Waals surface area contributed by atoms with Gasteiger partial charge in [0.1, 0.15) is 6.04 Å². The summed E-state index contributed by atoms with van der Waals surface area (Å²) in [4.78, 5) is 43.8. The Morgan fingerprint density at radius 1 is 1.06 bits per heavy atom. The number of aromatic nitrogens is 1. The van der Waals surface area contributed by atoms with Gasteiger partial charge in [-0.15, -0.1) is 0 Å². The Morgan fingerprint density at radius 2 is 1.68 bits per heavy atom. The van der Waals surface area contributed by atoms with Gasteiger partial charge in [0.25, 0.3) is 0 Å². The Balaban J connectivity index is 0.00000137. The number of carbonyl (C=O) groups is 3. The van der Waals surface area contributed by atoms with Gasteiger partial charge in [0.2, 0.25) is 11.8 Å². The van der Waals surface area contributed by atoms with Crippen molar-refractivity contribution in [1.82, 2.24) is 15.2 Å². The standard InChI is InChI=1S/C23H34N4O3.2C2H6/c1-16(28)20(13-17-8-11-25-12-9-17)26-23(30)21-14-19(18-5-3-2-4-6-18)15-27(21)22(29)7-10-24;2*1-2/h8-9,11-12,18-21H,2-7,10,13-15,24H2,1H3,(H,26,30);2*1-2H3/t19?,20-,21-;;/m0../s1. The summed E-state index contributed by atoms with van der Waals surface area (Å²) in [6.45, 7) is 10.4. The van der Waals surface area contributed by atoms with Crippen LogP contribution in [0.5, 0.6) is 0 Å². The van der Waals surface area contributed by atoms with Crippen molar-refractivity contribution in [3.05, 3.63) is 30.1 Å². The molecule has 3 rings (SSSR count). The van der Waals surface area contributed by atoms with Gasteiger partial charge in [-0.2, -0.15) is 0 Å². The van der Waals surface area contributed by atoms with E-state index in [0.29, 0.717) is 31.2 Å². The molecule has 7 heteroatoms. The van der Waals surface area contributed by atoms with Gasteiger partial charge >= 0.3 is 0 Å². The van der Waals surface area contributed by atoms with Gasteiger partial charge in [0, 0.05) is 31.9 Å². The van der Waals surface area contributed by atoms with Crippen LogP contribution in [0.2, 0.25) is 0 Å². The van der Waals surface area contributed by atoms with Crippen LogP contribution < -0.4 is 11.1 Å². The number of nitrogens with zero attached hydrogens (tertiary/aromatic N) is 2. The molecule has 0 aromatic carbocycles. The van der Waals surface area contributed by atoms with Crippen LogP contribution in [-0.2, 0) is 20.8 Å². The Labute approximate surface area is 206 Å². The Bertz CT molecular complexity index is 735. The maximum Gasteiger partial charge on any atom is 0.243 e. The molecular weight excluding hydrogens is 428 g/mol. The maximum absolute atomic E-state index is 13.2. The lowest BCUT2D eigenvalue weighted by molar-refractivity contribution is -0.139. The van der Waals surface area contributed by atoms with Crippen molar-refractivity contribution in [3.63, 3.8) is 0 Å². The SMILES string of the molecule is CC.CC.CC(=O)[C@H](Cc1ccncc1)NC(=O)[C@@H]1CC(C2CCCCC2)CN1C(=O)CCN. The molecule has 1 unspecified atom stereocenters. The molecule has 3 atom stereocenters. The van der Waals surface area contributed by atoms with Crippen molar-refractivity contribution in [2.45, 2.75) is 98.1 Å². The Kier molecular flexibility index (Phi) is 14.3. The number of carbonyl (C=O) groups excluding carboxylic acids is 3. The highest BCUT2D eigenvalue weighted by Crippen LogP contribution is 2.37. The summed E-state index contributed by atoms with van der Waals surface area (Å²) >= 11 is 0. The molecule has 1 aromatic heterocycles. The summed E-state index contributed by atoms with van der Waals surface area (Å²) in [6.07, 6.45) is 10.8. The topological polar surface area (TPSA) is 105 Å². The molecule has 0 spiro atoms. The number of amides is 2. The van der Waals surface area contributed by atoms with Crippen LogP contribution in [0.4, 0.5) is 0 Å². The van der Waals surface area contributed by atoms with Crippen molar-refractivity contribution in [1.29, 1.82) is 0 Å². The minimum absolute atomic E-state index is 0.0653. The molecule has 1 aliphatic heterocycles. The number of hydrogen-bond acceptors (Lipinski definition) is 5. The van der Waals surface area contributed by atoms with Crippen LogP contribution in [0.15, 0.2) is 24.5 Å². The van der Waals surface area contributed by atoms with Crippen LogP contribution in [0.25, 0.3) is 0 Å². The molecule has 7 nitrogen and oxygen atoms in total. The number of pyridine rings is 1. The van der Waals surface area contributed by atoms with Gasteiger partial charge in [0.15, 0.2) is 5.78 Å². The predicted molar refractivity (Wildman–Crippen MR) is 137 cm³/mol. The molecule has 1 aliphatic carbocycles.